The minimum absolute atomic E-state index is 0.310. The van der Waals surface area contributed by atoms with Crippen molar-refractivity contribution in [2.45, 2.75) is 32.5 Å². The standard InChI is InChI=1S/C18H25N5O2/c1-15(22(2)10-6-11-23-12-9-19-14-23)17(24)21-18(25)20-13-16-7-4-3-5-8-16/h3-5,7-9,12,14-15H,6,10-11,13H2,1-2H3,(H2,20,21,24,25). The Kier molecular flexibility index (Phi) is 7.16. The van der Waals surface area contributed by atoms with Crippen molar-refractivity contribution in [1.82, 2.24) is 25.1 Å². The lowest BCUT2D eigenvalue weighted by Gasteiger charge is -2.23. The third-order valence-electron chi connectivity index (χ3n) is 4.06. The maximum Gasteiger partial charge on any atom is 0.321 e. The molecule has 1 heterocycles. The van der Waals surface area contributed by atoms with Crippen LogP contribution >= 0.6 is 0 Å². The maximum absolute atomic E-state index is 12.2. The molecule has 0 aliphatic heterocycles. The summed E-state index contributed by atoms with van der Waals surface area (Å²) in [7, 11) is 1.88. The van der Waals surface area contributed by atoms with Crippen molar-refractivity contribution in [2.75, 3.05) is 13.6 Å². The highest BCUT2D eigenvalue weighted by atomic mass is 16.2. The summed E-state index contributed by atoms with van der Waals surface area (Å²) < 4.78 is 2.00. The zero-order valence-corrected chi connectivity index (χ0v) is 14.7. The number of likely N-dealkylation sites (N-methyl/N-ethyl adjacent to an activating group) is 1. The van der Waals surface area contributed by atoms with E-state index in [1.165, 1.54) is 0 Å². The van der Waals surface area contributed by atoms with Crippen LogP contribution < -0.4 is 10.6 Å². The number of nitrogens with zero attached hydrogens (tertiary/aromatic N) is 3. The van der Waals surface area contributed by atoms with E-state index in [1.54, 1.807) is 19.4 Å². The molecule has 0 radical (unpaired) electrons. The van der Waals surface area contributed by atoms with Gasteiger partial charge in [0.05, 0.1) is 12.4 Å². The average Bonchev–Trinajstić information content (AvgIpc) is 3.13. The molecule has 0 spiro atoms. The number of imidazole rings is 1. The summed E-state index contributed by atoms with van der Waals surface area (Å²) >= 11 is 0. The van der Waals surface area contributed by atoms with E-state index >= 15 is 0 Å². The number of rotatable bonds is 8. The molecular weight excluding hydrogens is 318 g/mol. The summed E-state index contributed by atoms with van der Waals surface area (Å²) in [5.74, 6) is -0.310. The van der Waals surface area contributed by atoms with Gasteiger partial charge in [0.2, 0.25) is 5.91 Å². The molecule has 0 saturated carbocycles. The normalized spacial score (nSPS) is 12.0. The van der Waals surface area contributed by atoms with Crippen molar-refractivity contribution in [3.63, 3.8) is 0 Å². The molecule has 134 valence electrons. The molecule has 7 nitrogen and oxygen atoms in total. The van der Waals surface area contributed by atoms with Crippen LogP contribution in [0.25, 0.3) is 0 Å². The Hall–Kier alpha value is -2.67. The van der Waals surface area contributed by atoms with Crippen LogP contribution in [-0.4, -0.2) is 46.0 Å². The van der Waals surface area contributed by atoms with Gasteiger partial charge in [0.1, 0.15) is 0 Å². The fourth-order valence-corrected chi connectivity index (χ4v) is 2.35. The molecule has 1 unspecified atom stereocenters. The number of imide groups is 1. The third-order valence-corrected chi connectivity index (χ3v) is 4.06. The Balaban J connectivity index is 1.68. The number of carbonyl (C=O) groups excluding carboxylic acids is 2. The van der Waals surface area contributed by atoms with E-state index in [0.717, 1.165) is 25.1 Å². The van der Waals surface area contributed by atoms with Crippen LogP contribution in [-0.2, 0) is 17.9 Å². The van der Waals surface area contributed by atoms with Gasteiger partial charge >= 0.3 is 6.03 Å². The second kappa shape index (κ2) is 9.58. The Morgan fingerprint density at radius 1 is 1.28 bits per heavy atom. The van der Waals surface area contributed by atoms with Crippen LogP contribution in [0.2, 0.25) is 0 Å². The molecule has 2 N–H and O–H groups in total. The van der Waals surface area contributed by atoms with Crippen molar-refractivity contribution in [3.8, 4) is 0 Å². The van der Waals surface area contributed by atoms with Gasteiger partial charge in [-0.3, -0.25) is 15.0 Å². The molecule has 0 aliphatic rings. The monoisotopic (exact) mass is 343 g/mol. The highest BCUT2D eigenvalue weighted by Crippen LogP contribution is 2.00. The predicted molar refractivity (Wildman–Crippen MR) is 95.8 cm³/mol. The Bertz CT molecular complexity index is 657. The minimum Gasteiger partial charge on any atom is -0.337 e. The molecule has 25 heavy (non-hydrogen) atoms. The van der Waals surface area contributed by atoms with Crippen LogP contribution in [0, 0.1) is 0 Å². The molecule has 1 atom stereocenters. The van der Waals surface area contributed by atoms with Crippen molar-refractivity contribution in [3.05, 3.63) is 54.6 Å². The van der Waals surface area contributed by atoms with Crippen LogP contribution in [0.3, 0.4) is 0 Å². The number of hydrogen-bond donors (Lipinski definition) is 2. The Labute approximate surface area is 148 Å². The summed E-state index contributed by atoms with van der Waals surface area (Å²) in [4.78, 5) is 29.9. The number of aromatic nitrogens is 2. The van der Waals surface area contributed by atoms with Gasteiger partial charge in [-0.2, -0.15) is 0 Å². The first-order valence-corrected chi connectivity index (χ1v) is 8.35. The molecule has 1 aromatic carbocycles. The van der Waals surface area contributed by atoms with E-state index in [0.29, 0.717) is 6.54 Å². The molecule has 3 amide bonds. The molecule has 1 aromatic heterocycles. The van der Waals surface area contributed by atoms with Gasteiger partial charge in [0.15, 0.2) is 0 Å². The van der Waals surface area contributed by atoms with Gasteiger partial charge in [-0.05, 0) is 26.0 Å². The zero-order chi connectivity index (χ0) is 18.1. The van der Waals surface area contributed by atoms with Crippen LogP contribution in [0.1, 0.15) is 18.9 Å². The van der Waals surface area contributed by atoms with Crippen LogP contribution in [0.4, 0.5) is 4.79 Å². The fraction of sp³-hybridized carbons (Fsp3) is 0.389. The number of aryl methyl sites for hydroxylation is 1. The van der Waals surface area contributed by atoms with Gasteiger partial charge < -0.3 is 9.88 Å². The number of amides is 3. The average molecular weight is 343 g/mol. The minimum atomic E-state index is -0.479. The largest absolute Gasteiger partial charge is 0.337 e. The summed E-state index contributed by atoms with van der Waals surface area (Å²) in [5, 5.41) is 5.07. The predicted octanol–water partition coefficient (Wildman–Crippen LogP) is 1.62. The zero-order valence-electron chi connectivity index (χ0n) is 14.7. The van der Waals surface area contributed by atoms with Gasteiger partial charge in [0.25, 0.3) is 0 Å². The Morgan fingerprint density at radius 3 is 2.72 bits per heavy atom. The van der Waals surface area contributed by atoms with Crippen LogP contribution in [0.5, 0.6) is 0 Å². The summed E-state index contributed by atoms with van der Waals surface area (Å²) in [6.07, 6.45) is 6.32. The second-order valence-corrected chi connectivity index (χ2v) is 5.97. The SMILES string of the molecule is CC(C(=O)NC(=O)NCc1ccccc1)N(C)CCCn1ccnc1. The molecule has 2 aromatic rings. The van der Waals surface area contributed by atoms with Gasteiger partial charge in [-0.1, -0.05) is 30.3 Å². The fourth-order valence-electron chi connectivity index (χ4n) is 2.35. The topological polar surface area (TPSA) is 79.3 Å². The van der Waals surface area contributed by atoms with E-state index in [4.69, 9.17) is 0 Å². The number of nitrogens with one attached hydrogen (secondary N) is 2. The van der Waals surface area contributed by atoms with Crippen molar-refractivity contribution < 1.29 is 9.59 Å². The van der Waals surface area contributed by atoms with E-state index in [1.807, 2.05) is 53.0 Å². The van der Waals surface area contributed by atoms with Crippen molar-refractivity contribution >= 4 is 11.9 Å². The highest BCUT2D eigenvalue weighted by molar-refractivity contribution is 5.96. The first-order chi connectivity index (χ1) is 12.1. The first kappa shape index (κ1) is 18.7. The molecule has 7 heteroatoms. The van der Waals surface area contributed by atoms with E-state index in [9.17, 15) is 9.59 Å². The van der Waals surface area contributed by atoms with Crippen molar-refractivity contribution in [2.24, 2.45) is 0 Å². The van der Waals surface area contributed by atoms with E-state index < -0.39 is 6.03 Å². The molecular formula is C18H25N5O2. The molecule has 0 aliphatic carbocycles. The molecule has 0 bridgehead atoms. The van der Waals surface area contributed by atoms with Crippen molar-refractivity contribution in [1.29, 1.82) is 0 Å². The first-order valence-electron chi connectivity index (χ1n) is 8.35. The number of hydrogen-bond acceptors (Lipinski definition) is 4. The summed E-state index contributed by atoms with van der Waals surface area (Å²) in [6.45, 7) is 3.76. The van der Waals surface area contributed by atoms with Gasteiger partial charge in [-0.15, -0.1) is 0 Å². The number of carbonyl (C=O) groups is 2. The summed E-state index contributed by atoms with van der Waals surface area (Å²) in [6, 6.07) is 8.69. The maximum atomic E-state index is 12.2. The Morgan fingerprint density at radius 2 is 2.04 bits per heavy atom. The van der Waals surface area contributed by atoms with E-state index in [2.05, 4.69) is 15.6 Å². The lowest BCUT2D eigenvalue weighted by atomic mass is 10.2. The van der Waals surface area contributed by atoms with Gasteiger partial charge in [-0.25, -0.2) is 9.78 Å². The van der Waals surface area contributed by atoms with Gasteiger partial charge in [0, 0.05) is 32.0 Å². The summed E-state index contributed by atoms with van der Waals surface area (Å²) in [5.41, 5.74) is 0.981. The van der Waals surface area contributed by atoms with E-state index in [-0.39, 0.29) is 11.9 Å². The molecule has 0 saturated heterocycles. The molecule has 2 rings (SSSR count). The smallest absolute Gasteiger partial charge is 0.321 e. The number of benzene rings is 1. The number of urea groups is 1. The molecule has 0 fully saturated rings. The lowest BCUT2D eigenvalue weighted by molar-refractivity contribution is -0.124. The lowest BCUT2D eigenvalue weighted by Crippen LogP contribution is -2.48. The highest BCUT2D eigenvalue weighted by Gasteiger charge is 2.19. The third kappa shape index (κ3) is 6.39. The quantitative estimate of drug-likeness (QED) is 0.763. The van der Waals surface area contributed by atoms with Crippen LogP contribution in [0.15, 0.2) is 49.1 Å². The second-order valence-electron chi connectivity index (χ2n) is 5.97.